The Morgan fingerprint density at radius 2 is 1.91 bits per heavy atom. The van der Waals surface area contributed by atoms with Gasteiger partial charge < -0.3 is 16.4 Å². The van der Waals surface area contributed by atoms with Gasteiger partial charge in [0.2, 0.25) is 5.91 Å². The van der Waals surface area contributed by atoms with Crippen molar-refractivity contribution in [3.05, 3.63) is 35.6 Å². The molecule has 120 valence electrons. The molecule has 2 amide bonds. The number of halogens is 1. The van der Waals surface area contributed by atoms with Crippen LogP contribution in [0.3, 0.4) is 0 Å². The first-order valence-corrected chi connectivity index (χ1v) is 7.63. The van der Waals surface area contributed by atoms with E-state index in [0.717, 1.165) is 19.3 Å². The van der Waals surface area contributed by atoms with Crippen LogP contribution in [0.15, 0.2) is 24.3 Å². The lowest BCUT2D eigenvalue weighted by atomic mass is 10.00. The summed E-state index contributed by atoms with van der Waals surface area (Å²) in [6.45, 7) is 0.580. The van der Waals surface area contributed by atoms with E-state index in [0.29, 0.717) is 13.0 Å². The second-order valence-corrected chi connectivity index (χ2v) is 5.64. The van der Waals surface area contributed by atoms with Crippen molar-refractivity contribution in [2.45, 2.75) is 31.7 Å². The van der Waals surface area contributed by atoms with Crippen LogP contribution in [-0.4, -0.2) is 30.9 Å². The molecule has 1 aromatic rings. The van der Waals surface area contributed by atoms with Gasteiger partial charge in [0, 0.05) is 25.6 Å². The highest BCUT2D eigenvalue weighted by molar-refractivity contribution is 5.94. The number of carbonyl (C=O) groups excluding carboxylic acids is 2. The van der Waals surface area contributed by atoms with Gasteiger partial charge in [-0.2, -0.15) is 0 Å². The van der Waals surface area contributed by atoms with Gasteiger partial charge in [0.25, 0.3) is 5.91 Å². The van der Waals surface area contributed by atoms with E-state index in [1.165, 1.54) is 18.2 Å². The smallest absolute Gasteiger partial charge is 0.254 e. The van der Waals surface area contributed by atoms with Gasteiger partial charge >= 0.3 is 0 Å². The summed E-state index contributed by atoms with van der Waals surface area (Å²) >= 11 is 0. The Labute approximate surface area is 129 Å². The molecular formula is C16H22FN3O2. The summed E-state index contributed by atoms with van der Waals surface area (Å²) in [5.41, 5.74) is 5.93. The van der Waals surface area contributed by atoms with Crippen LogP contribution >= 0.6 is 0 Å². The number of rotatable bonds is 6. The zero-order valence-electron chi connectivity index (χ0n) is 12.5. The molecule has 0 unspecified atom stereocenters. The van der Waals surface area contributed by atoms with Crippen molar-refractivity contribution in [3.63, 3.8) is 0 Å². The maximum atomic E-state index is 13.4. The van der Waals surface area contributed by atoms with E-state index in [-0.39, 0.29) is 30.0 Å². The largest absolute Gasteiger partial charge is 0.354 e. The number of nitrogens with two attached hydrogens (primary N) is 1. The van der Waals surface area contributed by atoms with Crippen LogP contribution in [0.5, 0.6) is 0 Å². The molecule has 4 N–H and O–H groups in total. The van der Waals surface area contributed by atoms with E-state index >= 15 is 0 Å². The first-order chi connectivity index (χ1) is 10.6. The van der Waals surface area contributed by atoms with Crippen molar-refractivity contribution in [1.29, 1.82) is 0 Å². The Morgan fingerprint density at radius 1 is 1.18 bits per heavy atom. The maximum absolute atomic E-state index is 13.4. The Balaban J connectivity index is 1.65. The summed E-state index contributed by atoms with van der Waals surface area (Å²) in [6, 6.07) is 5.91. The predicted molar refractivity (Wildman–Crippen MR) is 81.7 cm³/mol. The fraction of sp³-hybridized carbons (Fsp3) is 0.500. The van der Waals surface area contributed by atoms with Gasteiger partial charge in [0.15, 0.2) is 0 Å². The van der Waals surface area contributed by atoms with Gasteiger partial charge in [-0.3, -0.25) is 9.59 Å². The second-order valence-electron chi connectivity index (χ2n) is 5.64. The number of benzene rings is 1. The van der Waals surface area contributed by atoms with Crippen LogP contribution < -0.4 is 16.4 Å². The average Bonchev–Trinajstić information content (AvgIpc) is 2.89. The highest BCUT2D eigenvalue weighted by atomic mass is 19.1. The quantitative estimate of drug-likeness (QED) is 0.690. The number of hydrogen-bond acceptors (Lipinski definition) is 3. The van der Waals surface area contributed by atoms with Gasteiger partial charge in [-0.1, -0.05) is 18.6 Å². The molecule has 0 radical (unpaired) electrons. The second kappa shape index (κ2) is 7.89. The molecule has 1 aliphatic carbocycles. The summed E-state index contributed by atoms with van der Waals surface area (Å²) < 4.78 is 13.4. The summed E-state index contributed by atoms with van der Waals surface area (Å²) in [5.74, 6) is -0.833. The molecule has 0 spiro atoms. The van der Waals surface area contributed by atoms with E-state index in [9.17, 15) is 14.0 Å². The van der Waals surface area contributed by atoms with Crippen molar-refractivity contribution in [2.24, 2.45) is 11.7 Å². The van der Waals surface area contributed by atoms with Crippen LogP contribution in [0.4, 0.5) is 4.39 Å². The van der Waals surface area contributed by atoms with Gasteiger partial charge in [0.05, 0.1) is 5.56 Å². The van der Waals surface area contributed by atoms with Crippen molar-refractivity contribution >= 4 is 11.8 Å². The van der Waals surface area contributed by atoms with E-state index in [2.05, 4.69) is 10.6 Å². The SMILES string of the molecule is N[C@@H]1CCC[C@H]1CC(=O)NCCNC(=O)c1ccccc1F. The summed E-state index contributed by atoms with van der Waals surface area (Å²) in [5, 5.41) is 5.33. The molecule has 1 fully saturated rings. The fourth-order valence-electron chi connectivity index (χ4n) is 2.75. The average molecular weight is 307 g/mol. The van der Waals surface area contributed by atoms with Crippen molar-refractivity contribution in [2.75, 3.05) is 13.1 Å². The third-order valence-electron chi connectivity index (χ3n) is 4.02. The number of carbonyl (C=O) groups is 2. The molecular weight excluding hydrogens is 285 g/mol. The van der Waals surface area contributed by atoms with Crippen molar-refractivity contribution in [3.8, 4) is 0 Å². The molecule has 0 aliphatic heterocycles. The number of amides is 2. The first kappa shape index (κ1) is 16.4. The highest BCUT2D eigenvalue weighted by Gasteiger charge is 2.25. The molecule has 1 saturated carbocycles. The first-order valence-electron chi connectivity index (χ1n) is 7.63. The molecule has 0 bridgehead atoms. The summed E-state index contributed by atoms with van der Waals surface area (Å²) in [6.07, 6.45) is 3.50. The Bertz CT molecular complexity index is 536. The zero-order valence-corrected chi connectivity index (χ0v) is 12.5. The number of nitrogens with one attached hydrogen (secondary N) is 2. The van der Waals surface area contributed by atoms with E-state index in [1.54, 1.807) is 6.07 Å². The minimum absolute atomic E-state index is 0.00533. The van der Waals surface area contributed by atoms with Gasteiger partial charge in [0.1, 0.15) is 5.82 Å². The normalized spacial score (nSPS) is 20.6. The maximum Gasteiger partial charge on any atom is 0.254 e. The Kier molecular flexibility index (Phi) is 5.89. The lowest BCUT2D eigenvalue weighted by Gasteiger charge is -2.14. The Morgan fingerprint density at radius 3 is 2.59 bits per heavy atom. The highest BCUT2D eigenvalue weighted by Crippen LogP contribution is 2.26. The van der Waals surface area contributed by atoms with Crippen LogP contribution in [0.2, 0.25) is 0 Å². The van der Waals surface area contributed by atoms with E-state index in [4.69, 9.17) is 5.73 Å². The minimum Gasteiger partial charge on any atom is -0.354 e. The Hall–Kier alpha value is -1.95. The van der Waals surface area contributed by atoms with Gasteiger partial charge in [-0.05, 0) is 30.9 Å². The van der Waals surface area contributed by atoms with E-state index < -0.39 is 11.7 Å². The van der Waals surface area contributed by atoms with E-state index in [1.807, 2.05) is 0 Å². The molecule has 22 heavy (non-hydrogen) atoms. The van der Waals surface area contributed by atoms with Gasteiger partial charge in [-0.25, -0.2) is 4.39 Å². The van der Waals surface area contributed by atoms with Crippen molar-refractivity contribution in [1.82, 2.24) is 10.6 Å². The fourth-order valence-corrected chi connectivity index (χ4v) is 2.75. The molecule has 6 heteroatoms. The third kappa shape index (κ3) is 4.53. The predicted octanol–water partition coefficient (Wildman–Crippen LogP) is 1.19. The van der Waals surface area contributed by atoms with Crippen LogP contribution in [0.1, 0.15) is 36.0 Å². The third-order valence-corrected chi connectivity index (χ3v) is 4.02. The van der Waals surface area contributed by atoms with Crippen LogP contribution in [0, 0.1) is 11.7 Å². The molecule has 1 aliphatic rings. The molecule has 2 rings (SSSR count). The van der Waals surface area contributed by atoms with Crippen LogP contribution in [-0.2, 0) is 4.79 Å². The molecule has 5 nitrogen and oxygen atoms in total. The number of hydrogen-bond donors (Lipinski definition) is 3. The monoisotopic (exact) mass is 307 g/mol. The lowest BCUT2D eigenvalue weighted by molar-refractivity contribution is -0.122. The molecule has 0 heterocycles. The topological polar surface area (TPSA) is 84.2 Å². The summed E-state index contributed by atoms with van der Waals surface area (Å²) in [7, 11) is 0. The van der Waals surface area contributed by atoms with Crippen LogP contribution in [0.25, 0.3) is 0 Å². The lowest BCUT2D eigenvalue weighted by Crippen LogP contribution is -2.37. The minimum atomic E-state index is -0.556. The molecule has 0 saturated heterocycles. The zero-order chi connectivity index (χ0) is 15.9. The van der Waals surface area contributed by atoms with Gasteiger partial charge in [-0.15, -0.1) is 0 Å². The summed E-state index contributed by atoms with van der Waals surface area (Å²) in [4.78, 5) is 23.5. The standard InChI is InChI=1S/C16H22FN3O2/c17-13-6-2-1-5-12(13)16(22)20-9-8-19-15(21)10-11-4-3-7-14(11)18/h1-2,5-6,11,14H,3-4,7-10,18H2,(H,19,21)(H,20,22)/t11-,14+/m0/s1. The molecule has 2 atom stereocenters. The van der Waals surface area contributed by atoms with Crippen molar-refractivity contribution < 1.29 is 14.0 Å². The molecule has 1 aromatic carbocycles. The molecule has 0 aromatic heterocycles.